The lowest BCUT2D eigenvalue weighted by Crippen LogP contribution is -2.28. The summed E-state index contributed by atoms with van der Waals surface area (Å²) in [5.41, 5.74) is 3.34. The molecule has 0 radical (unpaired) electrons. The zero-order valence-electron chi connectivity index (χ0n) is 15.9. The summed E-state index contributed by atoms with van der Waals surface area (Å²) in [7, 11) is 1.42. The van der Waals surface area contributed by atoms with Gasteiger partial charge in [0.2, 0.25) is 0 Å². The maximum Gasteiger partial charge on any atom is 0.337 e. The molecule has 2 aromatic carbocycles. The summed E-state index contributed by atoms with van der Waals surface area (Å²) >= 11 is 0. The first kappa shape index (κ1) is 18.2. The van der Waals surface area contributed by atoms with Crippen LogP contribution in [-0.2, 0) is 11.3 Å². The van der Waals surface area contributed by atoms with Gasteiger partial charge < -0.3 is 10.1 Å². The molecular formula is C23H28N2O2. The molecule has 2 aromatic rings. The summed E-state index contributed by atoms with van der Waals surface area (Å²) in [6, 6.07) is 19.3. The van der Waals surface area contributed by atoms with Crippen molar-refractivity contribution in [2.75, 3.05) is 26.7 Å². The quantitative estimate of drug-likeness (QED) is 0.764. The van der Waals surface area contributed by atoms with Crippen LogP contribution in [0.25, 0.3) is 0 Å². The molecule has 1 saturated carbocycles. The molecule has 2 aliphatic rings. The van der Waals surface area contributed by atoms with Crippen LogP contribution in [0, 0.1) is 5.92 Å². The van der Waals surface area contributed by atoms with E-state index in [9.17, 15) is 4.79 Å². The molecule has 0 bridgehead atoms. The Morgan fingerprint density at radius 2 is 1.93 bits per heavy atom. The molecule has 1 aliphatic carbocycles. The number of methoxy groups -OCH3 is 1. The molecule has 142 valence electrons. The van der Waals surface area contributed by atoms with Gasteiger partial charge in [-0.05, 0) is 55.1 Å². The Bertz CT molecular complexity index is 760. The fourth-order valence-electron chi connectivity index (χ4n) is 4.15. The molecule has 2 unspecified atom stereocenters. The molecular weight excluding hydrogens is 336 g/mol. The Balaban J connectivity index is 1.20. The van der Waals surface area contributed by atoms with Gasteiger partial charge in [0.1, 0.15) is 0 Å². The van der Waals surface area contributed by atoms with Crippen LogP contribution >= 0.6 is 0 Å². The van der Waals surface area contributed by atoms with E-state index in [-0.39, 0.29) is 5.97 Å². The van der Waals surface area contributed by atoms with Crippen LogP contribution in [0.1, 0.15) is 40.2 Å². The van der Waals surface area contributed by atoms with Gasteiger partial charge in [-0.25, -0.2) is 4.79 Å². The summed E-state index contributed by atoms with van der Waals surface area (Å²) in [5, 5.41) is 3.78. The van der Waals surface area contributed by atoms with E-state index in [0.717, 1.165) is 32.1 Å². The smallest absolute Gasteiger partial charge is 0.337 e. The van der Waals surface area contributed by atoms with Crippen LogP contribution < -0.4 is 5.32 Å². The summed E-state index contributed by atoms with van der Waals surface area (Å²) in [6.07, 6.45) is 2.53. The normalized spacial score (nSPS) is 24.7. The molecule has 1 heterocycles. The van der Waals surface area contributed by atoms with Crippen molar-refractivity contribution >= 4 is 5.97 Å². The van der Waals surface area contributed by atoms with E-state index in [4.69, 9.17) is 4.74 Å². The highest BCUT2D eigenvalue weighted by atomic mass is 16.5. The lowest BCUT2D eigenvalue weighted by atomic mass is 10.1. The predicted octanol–water partition coefficient (Wildman–Crippen LogP) is 3.44. The lowest BCUT2D eigenvalue weighted by Gasteiger charge is -2.16. The monoisotopic (exact) mass is 364 g/mol. The number of carbonyl (C=O) groups is 1. The molecule has 0 amide bonds. The molecule has 27 heavy (non-hydrogen) atoms. The minimum absolute atomic E-state index is 0.275. The molecule has 1 aliphatic heterocycles. The zero-order chi connectivity index (χ0) is 18.6. The molecule has 3 atom stereocenters. The van der Waals surface area contributed by atoms with Gasteiger partial charge in [0.05, 0.1) is 12.7 Å². The van der Waals surface area contributed by atoms with Gasteiger partial charge in [-0.15, -0.1) is 0 Å². The topological polar surface area (TPSA) is 41.6 Å². The average molecular weight is 364 g/mol. The Morgan fingerprint density at radius 3 is 2.67 bits per heavy atom. The standard InChI is InChI=1S/C23H28N2O2/c1-27-23(26)20-9-7-17(8-10-20)15-25-12-11-18(16-25)14-24-22-13-21(22)19-5-3-2-4-6-19/h2-10,18,21-22,24H,11-16H2,1H3/t18-,21?,22?/m0/s1. The predicted molar refractivity (Wildman–Crippen MR) is 107 cm³/mol. The van der Waals surface area contributed by atoms with Gasteiger partial charge in [0, 0.05) is 25.0 Å². The molecule has 2 fully saturated rings. The van der Waals surface area contributed by atoms with Crippen molar-refractivity contribution in [3.63, 3.8) is 0 Å². The zero-order valence-corrected chi connectivity index (χ0v) is 15.9. The summed E-state index contributed by atoms with van der Waals surface area (Å²) in [5.74, 6) is 1.16. The highest BCUT2D eigenvalue weighted by molar-refractivity contribution is 5.89. The first-order chi connectivity index (χ1) is 13.2. The molecule has 4 heteroatoms. The van der Waals surface area contributed by atoms with Crippen LogP contribution in [0.15, 0.2) is 54.6 Å². The lowest BCUT2D eigenvalue weighted by molar-refractivity contribution is 0.0600. The third kappa shape index (κ3) is 4.57. The maximum absolute atomic E-state index is 11.5. The van der Waals surface area contributed by atoms with E-state index < -0.39 is 0 Å². The second-order valence-corrected chi connectivity index (χ2v) is 7.85. The number of benzene rings is 2. The van der Waals surface area contributed by atoms with Crippen LogP contribution in [-0.4, -0.2) is 43.7 Å². The van der Waals surface area contributed by atoms with Gasteiger partial charge in [-0.1, -0.05) is 42.5 Å². The van der Waals surface area contributed by atoms with E-state index in [1.807, 2.05) is 24.3 Å². The summed E-state index contributed by atoms with van der Waals surface area (Å²) in [4.78, 5) is 14.0. The maximum atomic E-state index is 11.5. The fraction of sp³-hybridized carbons (Fsp3) is 0.435. The number of nitrogens with one attached hydrogen (secondary N) is 1. The molecule has 0 aromatic heterocycles. The van der Waals surface area contributed by atoms with Crippen LogP contribution in [0.4, 0.5) is 0 Å². The third-order valence-electron chi connectivity index (χ3n) is 5.84. The Hall–Kier alpha value is -2.17. The van der Waals surface area contributed by atoms with E-state index in [0.29, 0.717) is 17.5 Å². The third-order valence-corrected chi connectivity index (χ3v) is 5.84. The van der Waals surface area contributed by atoms with E-state index in [1.54, 1.807) is 0 Å². The second kappa shape index (κ2) is 8.24. The van der Waals surface area contributed by atoms with Crippen molar-refractivity contribution < 1.29 is 9.53 Å². The van der Waals surface area contributed by atoms with Gasteiger partial charge >= 0.3 is 5.97 Å². The molecule has 0 spiro atoms. The van der Waals surface area contributed by atoms with E-state index in [1.165, 1.54) is 31.1 Å². The number of esters is 1. The SMILES string of the molecule is COC(=O)c1ccc(CN2CC[C@@H](CNC3CC3c3ccccc3)C2)cc1. The number of nitrogens with zero attached hydrogens (tertiary/aromatic N) is 1. The van der Waals surface area contributed by atoms with Crippen LogP contribution in [0.2, 0.25) is 0 Å². The van der Waals surface area contributed by atoms with Gasteiger partial charge in [-0.3, -0.25) is 4.90 Å². The van der Waals surface area contributed by atoms with E-state index >= 15 is 0 Å². The highest BCUT2D eigenvalue weighted by Gasteiger charge is 2.38. The van der Waals surface area contributed by atoms with Crippen molar-refractivity contribution in [1.29, 1.82) is 0 Å². The molecule has 4 nitrogen and oxygen atoms in total. The van der Waals surface area contributed by atoms with Gasteiger partial charge in [0.25, 0.3) is 0 Å². The average Bonchev–Trinajstić information content (AvgIpc) is 3.37. The number of rotatable bonds is 7. The number of ether oxygens (including phenoxy) is 1. The fourth-order valence-corrected chi connectivity index (χ4v) is 4.15. The number of likely N-dealkylation sites (tertiary alicyclic amines) is 1. The number of carbonyl (C=O) groups excluding carboxylic acids is 1. The molecule has 4 rings (SSSR count). The van der Waals surface area contributed by atoms with Crippen molar-refractivity contribution in [3.05, 3.63) is 71.3 Å². The number of hydrogen-bond acceptors (Lipinski definition) is 4. The summed E-state index contributed by atoms with van der Waals surface area (Å²) in [6.45, 7) is 4.37. The number of hydrogen-bond donors (Lipinski definition) is 1. The van der Waals surface area contributed by atoms with Crippen molar-refractivity contribution in [2.45, 2.75) is 31.3 Å². The molecule has 1 N–H and O–H groups in total. The Morgan fingerprint density at radius 1 is 1.15 bits per heavy atom. The van der Waals surface area contributed by atoms with Gasteiger partial charge in [-0.2, -0.15) is 0 Å². The minimum atomic E-state index is -0.275. The van der Waals surface area contributed by atoms with Gasteiger partial charge in [0.15, 0.2) is 0 Å². The van der Waals surface area contributed by atoms with Crippen molar-refractivity contribution in [2.24, 2.45) is 5.92 Å². The highest BCUT2D eigenvalue weighted by Crippen LogP contribution is 2.40. The first-order valence-corrected chi connectivity index (χ1v) is 9.91. The van der Waals surface area contributed by atoms with Crippen molar-refractivity contribution in [1.82, 2.24) is 10.2 Å². The Labute approximate surface area is 161 Å². The van der Waals surface area contributed by atoms with E-state index in [2.05, 4.69) is 40.5 Å². The summed E-state index contributed by atoms with van der Waals surface area (Å²) < 4.78 is 4.75. The first-order valence-electron chi connectivity index (χ1n) is 9.91. The van der Waals surface area contributed by atoms with Crippen molar-refractivity contribution in [3.8, 4) is 0 Å². The minimum Gasteiger partial charge on any atom is -0.465 e. The second-order valence-electron chi connectivity index (χ2n) is 7.85. The Kier molecular flexibility index (Phi) is 5.55. The van der Waals surface area contributed by atoms with Crippen LogP contribution in [0.5, 0.6) is 0 Å². The largest absolute Gasteiger partial charge is 0.465 e. The van der Waals surface area contributed by atoms with Crippen LogP contribution in [0.3, 0.4) is 0 Å². The molecule has 1 saturated heterocycles.